The number of hydrogen-bond donors (Lipinski definition) is 0. The zero-order valence-electron chi connectivity index (χ0n) is 11.0. The minimum atomic E-state index is -0.378. The molecule has 0 bridgehead atoms. The SMILES string of the molecule is N#Cc1ccc(OC(=O)CCc2ccc(Cl)cc2)c(Cl)c1. The van der Waals surface area contributed by atoms with Crippen LogP contribution in [0.1, 0.15) is 17.5 Å². The van der Waals surface area contributed by atoms with Crippen molar-refractivity contribution in [1.82, 2.24) is 0 Å². The minimum absolute atomic E-state index is 0.234. The Morgan fingerprint density at radius 3 is 2.48 bits per heavy atom. The van der Waals surface area contributed by atoms with Crippen LogP contribution in [-0.2, 0) is 11.2 Å². The van der Waals surface area contributed by atoms with E-state index < -0.39 is 0 Å². The lowest BCUT2D eigenvalue weighted by Crippen LogP contribution is -2.09. The number of hydrogen-bond acceptors (Lipinski definition) is 3. The summed E-state index contributed by atoms with van der Waals surface area (Å²) in [7, 11) is 0. The highest BCUT2D eigenvalue weighted by Crippen LogP contribution is 2.25. The first-order chi connectivity index (χ1) is 10.1. The van der Waals surface area contributed by atoms with Gasteiger partial charge in [-0.3, -0.25) is 4.79 Å². The molecule has 0 spiro atoms. The minimum Gasteiger partial charge on any atom is -0.425 e. The van der Waals surface area contributed by atoms with E-state index in [0.717, 1.165) is 5.56 Å². The lowest BCUT2D eigenvalue weighted by Gasteiger charge is -2.06. The fourth-order valence-corrected chi connectivity index (χ4v) is 2.07. The standard InChI is InChI=1S/C16H11Cl2NO2/c17-13-5-1-11(2-6-13)4-8-16(20)21-15-7-3-12(10-19)9-14(15)18/h1-3,5-7,9H,4,8H2. The second kappa shape index (κ2) is 7.12. The number of ether oxygens (including phenoxy) is 1. The van der Waals surface area contributed by atoms with Gasteiger partial charge >= 0.3 is 5.97 Å². The molecule has 0 aromatic heterocycles. The molecule has 3 nitrogen and oxygen atoms in total. The first kappa shape index (κ1) is 15.4. The number of carbonyl (C=O) groups is 1. The van der Waals surface area contributed by atoms with Gasteiger partial charge in [-0.05, 0) is 42.3 Å². The third-order valence-electron chi connectivity index (χ3n) is 2.82. The Balaban J connectivity index is 1.93. The van der Waals surface area contributed by atoms with Gasteiger partial charge in [0, 0.05) is 11.4 Å². The zero-order chi connectivity index (χ0) is 15.2. The highest BCUT2D eigenvalue weighted by atomic mass is 35.5. The average molecular weight is 320 g/mol. The van der Waals surface area contributed by atoms with Crippen molar-refractivity contribution in [2.45, 2.75) is 12.8 Å². The van der Waals surface area contributed by atoms with Crippen molar-refractivity contribution in [2.75, 3.05) is 0 Å². The summed E-state index contributed by atoms with van der Waals surface area (Å²) in [4.78, 5) is 11.8. The third kappa shape index (κ3) is 4.49. The highest BCUT2D eigenvalue weighted by Gasteiger charge is 2.09. The van der Waals surface area contributed by atoms with Crippen LogP contribution in [0.4, 0.5) is 0 Å². The van der Waals surface area contributed by atoms with Crippen molar-refractivity contribution in [3.63, 3.8) is 0 Å². The summed E-state index contributed by atoms with van der Waals surface area (Å²) in [5.41, 5.74) is 1.42. The van der Waals surface area contributed by atoms with E-state index in [1.54, 1.807) is 18.2 Å². The predicted octanol–water partition coefficient (Wildman–Crippen LogP) is 4.40. The molecule has 2 aromatic rings. The largest absolute Gasteiger partial charge is 0.425 e. The van der Waals surface area contributed by atoms with E-state index in [1.807, 2.05) is 18.2 Å². The lowest BCUT2D eigenvalue weighted by atomic mass is 10.1. The summed E-state index contributed by atoms with van der Waals surface area (Å²) in [6.07, 6.45) is 0.794. The van der Waals surface area contributed by atoms with Crippen LogP contribution in [0.25, 0.3) is 0 Å². The first-order valence-electron chi connectivity index (χ1n) is 6.23. The monoisotopic (exact) mass is 319 g/mol. The normalized spacial score (nSPS) is 9.95. The molecule has 0 radical (unpaired) electrons. The van der Waals surface area contributed by atoms with Gasteiger partial charge in [-0.15, -0.1) is 0 Å². The predicted molar refractivity (Wildman–Crippen MR) is 81.6 cm³/mol. The number of esters is 1. The van der Waals surface area contributed by atoms with E-state index in [2.05, 4.69) is 0 Å². The van der Waals surface area contributed by atoms with Crippen LogP contribution in [-0.4, -0.2) is 5.97 Å². The van der Waals surface area contributed by atoms with Crippen molar-refractivity contribution < 1.29 is 9.53 Å². The maximum Gasteiger partial charge on any atom is 0.311 e. The van der Waals surface area contributed by atoms with E-state index >= 15 is 0 Å². The molecule has 0 unspecified atom stereocenters. The van der Waals surface area contributed by atoms with Crippen molar-refractivity contribution in [3.05, 3.63) is 63.6 Å². The number of nitrogens with zero attached hydrogens (tertiary/aromatic N) is 1. The van der Waals surface area contributed by atoms with Gasteiger partial charge in [0.2, 0.25) is 0 Å². The van der Waals surface area contributed by atoms with Gasteiger partial charge in [0.1, 0.15) is 5.75 Å². The number of rotatable bonds is 4. The summed E-state index contributed by atoms with van der Waals surface area (Å²) in [5.74, 6) is -0.117. The zero-order valence-corrected chi connectivity index (χ0v) is 12.5. The Labute approximate surface area is 132 Å². The Morgan fingerprint density at radius 2 is 1.86 bits per heavy atom. The molecular formula is C16H11Cl2NO2. The van der Waals surface area contributed by atoms with E-state index in [0.29, 0.717) is 17.0 Å². The topological polar surface area (TPSA) is 50.1 Å². The summed E-state index contributed by atoms with van der Waals surface area (Å²) in [5, 5.41) is 9.64. The summed E-state index contributed by atoms with van der Waals surface area (Å²) >= 11 is 11.7. The molecule has 0 saturated carbocycles. The molecule has 2 aromatic carbocycles. The fourth-order valence-electron chi connectivity index (χ4n) is 1.72. The summed E-state index contributed by atoms with van der Waals surface area (Å²) in [6.45, 7) is 0. The van der Waals surface area contributed by atoms with E-state index in [9.17, 15) is 4.79 Å². The summed E-state index contributed by atoms with van der Waals surface area (Å²) in [6, 6.07) is 13.8. The molecule has 5 heteroatoms. The molecule has 0 aliphatic carbocycles. The van der Waals surface area contributed by atoms with Crippen LogP contribution in [0.15, 0.2) is 42.5 Å². The van der Waals surface area contributed by atoms with E-state index in [4.69, 9.17) is 33.2 Å². The van der Waals surface area contributed by atoms with E-state index in [-0.39, 0.29) is 23.2 Å². The van der Waals surface area contributed by atoms with Crippen molar-refractivity contribution in [2.24, 2.45) is 0 Å². The molecule has 0 saturated heterocycles. The Morgan fingerprint density at radius 1 is 1.14 bits per heavy atom. The molecule has 0 aliphatic heterocycles. The van der Waals surface area contributed by atoms with E-state index in [1.165, 1.54) is 12.1 Å². The molecule has 0 fully saturated rings. The number of carbonyl (C=O) groups excluding carboxylic acids is 1. The summed E-state index contributed by atoms with van der Waals surface area (Å²) < 4.78 is 5.18. The molecule has 0 N–H and O–H groups in total. The third-order valence-corrected chi connectivity index (χ3v) is 3.36. The maximum atomic E-state index is 11.8. The first-order valence-corrected chi connectivity index (χ1v) is 6.99. The highest BCUT2D eigenvalue weighted by molar-refractivity contribution is 6.32. The molecule has 106 valence electrons. The van der Waals surface area contributed by atoms with Gasteiger partial charge in [0.05, 0.1) is 16.7 Å². The van der Waals surface area contributed by atoms with Crippen LogP contribution in [0.3, 0.4) is 0 Å². The Hall–Kier alpha value is -2.02. The van der Waals surface area contributed by atoms with Crippen LogP contribution < -0.4 is 4.74 Å². The number of benzene rings is 2. The van der Waals surface area contributed by atoms with Gasteiger partial charge in [-0.1, -0.05) is 35.3 Å². The Kier molecular flexibility index (Phi) is 5.21. The number of nitriles is 1. The number of aryl methyl sites for hydroxylation is 1. The smallest absolute Gasteiger partial charge is 0.311 e. The number of halogens is 2. The second-order valence-electron chi connectivity index (χ2n) is 4.36. The van der Waals surface area contributed by atoms with Gasteiger partial charge in [0.15, 0.2) is 0 Å². The fraction of sp³-hybridized carbons (Fsp3) is 0.125. The van der Waals surface area contributed by atoms with Crippen molar-refractivity contribution in [1.29, 1.82) is 5.26 Å². The maximum absolute atomic E-state index is 11.8. The van der Waals surface area contributed by atoms with Crippen molar-refractivity contribution >= 4 is 29.2 Å². The quantitative estimate of drug-likeness (QED) is 0.619. The lowest BCUT2D eigenvalue weighted by molar-refractivity contribution is -0.134. The van der Waals surface area contributed by atoms with Gasteiger partial charge in [-0.2, -0.15) is 5.26 Å². The second-order valence-corrected chi connectivity index (χ2v) is 5.20. The molecular weight excluding hydrogens is 309 g/mol. The van der Waals surface area contributed by atoms with Gasteiger partial charge in [0.25, 0.3) is 0 Å². The van der Waals surface area contributed by atoms with Crippen LogP contribution in [0.5, 0.6) is 5.75 Å². The molecule has 21 heavy (non-hydrogen) atoms. The molecule has 2 rings (SSSR count). The molecule has 0 heterocycles. The van der Waals surface area contributed by atoms with Crippen LogP contribution in [0.2, 0.25) is 10.0 Å². The molecule has 0 aliphatic rings. The van der Waals surface area contributed by atoms with Gasteiger partial charge in [-0.25, -0.2) is 0 Å². The Bertz CT molecular complexity index is 690. The van der Waals surface area contributed by atoms with Crippen LogP contribution in [0, 0.1) is 11.3 Å². The van der Waals surface area contributed by atoms with Gasteiger partial charge < -0.3 is 4.74 Å². The van der Waals surface area contributed by atoms with Crippen molar-refractivity contribution in [3.8, 4) is 11.8 Å². The average Bonchev–Trinajstić information content (AvgIpc) is 2.48. The molecule has 0 atom stereocenters. The van der Waals surface area contributed by atoms with Crippen LogP contribution >= 0.6 is 23.2 Å². The molecule has 0 amide bonds.